The van der Waals surface area contributed by atoms with Crippen LogP contribution in [0.1, 0.15) is 11.1 Å². The van der Waals surface area contributed by atoms with E-state index in [0.717, 1.165) is 48.2 Å². The number of carboxylic acids is 1. The first kappa shape index (κ1) is 24.4. The Morgan fingerprint density at radius 3 is 2.13 bits per heavy atom. The fraction of sp³-hybridized carbons (Fsp3) is 0.250. The molecule has 0 saturated heterocycles. The van der Waals surface area contributed by atoms with Crippen molar-refractivity contribution in [1.82, 2.24) is 0 Å². The van der Waals surface area contributed by atoms with Gasteiger partial charge in [0, 0.05) is 10.6 Å². The van der Waals surface area contributed by atoms with E-state index in [9.17, 15) is 31.1 Å². The Morgan fingerprint density at radius 1 is 0.935 bits per heavy atom. The minimum absolute atomic E-state index is 0.0374. The van der Waals surface area contributed by atoms with E-state index in [-0.39, 0.29) is 23.0 Å². The van der Waals surface area contributed by atoms with Crippen molar-refractivity contribution < 1.29 is 45.7 Å². The lowest BCUT2D eigenvalue weighted by Gasteiger charge is -2.15. The lowest BCUT2D eigenvalue weighted by Crippen LogP contribution is -2.14. The fourth-order valence-electron chi connectivity index (χ4n) is 2.24. The van der Waals surface area contributed by atoms with Gasteiger partial charge < -0.3 is 14.6 Å². The van der Waals surface area contributed by atoms with Gasteiger partial charge in [-0.3, -0.25) is 0 Å². The molecule has 0 saturated carbocycles. The summed E-state index contributed by atoms with van der Waals surface area (Å²) in [5.41, 5.74) is -1.43. The second kappa shape index (κ2) is 9.99. The highest BCUT2D eigenvalue weighted by Gasteiger charge is 2.35. The van der Waals surface area contributed by atoms with Crippen LogP contribution >= 0.6 is 11.8 Å². The van der Waals surface area contributed by atoms with Crippen LogP contribution in [0.15, 0.2) is 59.5 Å². The summed E-state index contributed by atoms with van der Waals surface area (Å²) in [6.45, 7) is 2.79. The Bertz CT molecular complexity index is 923. The Labute approximate surface area is 177 Å². The maximum absolute atomic E-state index is 13.2. The minimum Gasteiger partial charge on any atom is -0.489 e. The van der Waals surface area contributed by atoms with Gasteiger partial charge in [-0.15, -0.1) is 11.8 Å². The van der Waals surface area contributed by atoms with Crippen LogP contribution in [0.5, 0.6) is 11.5 Å². The largest absolute Gasteiger partial charge is 0.489 e. The summed E-state index contributed by atoms with van der Waals surface area (Å²) >= 11 is 1.03. The highest BCUT2D eigenvalue weighted by Crippen LogP contribution is 2.39. The normalized spacial score (nSPS) is 11.8. The number of thioether (sulfide) groups is 1. The van der Waals surface area contributed by atoms with Crippen molar-refractivity contribution in [2.45, 2.75) is 17.2 Å². The van der Waals surface area contributed by atoms with E-state index in [0.29, 0.717) is 5.57 Å². The zero-order valence-corrected chi connectivity index (χ0v) is 16.5. The van der Waals surface area contributed by atoms with Crippen molar-refractivity contribution in [2.24, 2.45) is 0 Å². The van der Waals surface area contributed by atoms with Crippen molar-refractivity contribution in [2.75, 3.05) is 19.0 Å². The first-order valence-corrected chi connectivity index (χ1v) is 9.50. The van der Waals surface area contributed by atoms with Gasteiger partial charge >= 0.3 is 18.3 Å². The molecule has 0 atom stereocenters. The molecule has 0 aliphatic heterocycles. The van der Waals surface area contributed by atoms with Gasteiger partial charge in [-0.2, -0.15) is 26.3 Å². The van der Waals surface area contributed by atoms with Crippen LogP contribution in [0.25, 0.3) is 0 Å². The topological polar surface area (TPSA) is 55.8 Å². The molecule has 0 spiro atoms. The number of halogens is 6. The number of alkyl halides is 6. The maximum atomic E-state index is 13.2. The molecule has 0 heterocycles. The van der Waals surface area contributed by atoms with Crippen molar-refractivity contribution in [3.05, 3.63) is 65.7 Å². The minimum atomic E-state index is -4.74. The summed E-state index contributed by atoms with van der Waals surface area (Å²) in [6.07, 6.45) is -9.20. The van der Waals surface area contributed by atoms with E-state index in [4.69, 9.17) is 9.84 Å². The van der Waals surface area contributed by atoms with Crippen molar-refractivity contribution >= 4 is 17.7 Å². The monoisotopic (exact) mass is 466 g/mol. The van der Waals surface area contributed by atoms with Crippen molar-refractivity contribution in [1.29, 1.82) is 0 Å². The first-order chi connectivity index (χ1) is 14.4. The molecule has 4 nitrogen and oxygen atoms in total. The van der Waals surface area contributed by atoms with Crippen LogP contribution in [-0.4, -0.2) is 30.0 Å². The second-order valence-corrected chi connectivity index (χ2v) is 7.24. The summed E-state index contributed by atoms with van der Waals surface area (Å²) in [5.74, 6) is -1.62. The van der Waals surface area contributed by atoms with Gasteiger partial charge in [-0.05, 0) is 48.0 Å². The van der Waals surface area contributed by atoms with Gasteiger partial charge in [-0.1, -0.05) is 6.58 Å². The molecule has 0 aliphatic carbocycles. The first-order valence-electron chi connectivity index (χ1n) is 8.51. The lowest BCUT2D eigenvalue weighted by atomic mass is 10.2. The van der Waals surface area contributed by atoms with Crippen molar-refractivity contribution in [3.8, 4) is 11.5 Å². The van der Waals surface area contributed by atoms with E-state index in [1.54, 1.807) is 0 Å². The molecule has 0 aromatic heterocycles. The second-order valence-electron chi connectivity index (χ2n) is 6.19. The molecule has 0 fully saturated rings. The fourth-order valence-corrected chi connectivity index (χ4v) is 3.06. The number of benzene rings is 2. The van der Waals surface area contributed by atoms with Gasteiger partial charge in [0.05, 0.1) is 11.1 Å². The predicted molar refractivity (Wildman–Crippen MR) is 101 cm³/mol. The highest BCUT2D eigenvalue weighted by molar-refractivity contribution is 7.99. The lowest BCUT2D eigenvalue weighted by molar-refractivity contribution is -0.143. The van der Waals surface area contributed by atoms with Crippen molar-refractivity contribution in [3.63, 3.8) is 0 Å². The van der Waals surface area contributed by atoms with E-state index >= 15 is 0 Å². The van der Waals surface area contributed by atoms with E-state index < -0.39 is 41.8 Å². The Kier molecular flexibility index (Phi) is 7.88. The molecule has 168 valence electrons. The summed E-state index contributed by atoms with van der Waals surface area (Å²) in [4.78, 5) is 10.8. The molecule has 0 radical (unpaired) electrons. The van der Waals surface area contributed by atoms with Gasteiger partial charge in [-0.25, -0.2) is 4.79 Å². The number of hydrogen-bond acceptors (Lipinski definition) is 4. The van der Waals surface area contributed by atoms with Gasteiger partial charge in [0.15, 0.2) is 6.61 Å². The highest BCUT2D eigenvalue weighted by atomic mass is 32.2. The maximum Gasteiger partial charge on any atom is 0.420 e. The third-order valence-corrected chi connectivity index (χ3v) is 4.81. The number of aliphatic carboxylic acids is 1. The van der Waals surface area contributed by atoms with E-state index in [1.807, 2.05) is 0 Å². The zero-order valence-electron chi connectivity index (χ0n) is 15.7. The number of hydrogen-bond donors (Lipinski definition) is 1. The molecule has 31 heavy (non-hydrogen) atoms. The van der Waals surface area contributed by atoms with E-state index in [2.05, 4.69) is 11.3 Å². The molecule has 0 bridgehead atoms. The number of carbonyl (C=O) groups is 1. The van der Waals surface area contributed by atoms with Crippen LogP contribution in [0.3, 0.4) is 0 Å². The molecule has 0 aliphatic rings. The van der Waals surface area contributed by atoms with Crippen LogP contribution in [0.2, 0.25) is 0 Å². The molecule has 2 rings (SSSR count). The smallest absolute Gasteiger partial charge is 0.420 e. The number of rotatable bonds is 9. The summed E-state index contributed by atoms with van der Waals surface area (Å²) < 4.78 is 87.3. The van der Waals surface area contributed by atoms with Gasteiger partial charge in [0.25, 0.3) is 0 Å². The van der Waals surface area contributed by atoms with Crippen LogP contribution in [-0.2, 0) is 17.1 Å². The van der Waals surface area contributed by atoms with Crippen LogP contribution in [0.4, 0.5) is 26.3 Å². The average molecular weight is 466 g/mol. The zero-order chi connectivity index (χ0) is 23.2. The van der Waals surface area contributed by atoms with Gasteiger partial charge in [0.1, 0.15) is 18.1 Å². The molecule has 2 aromatic rings. The predicted octanol–water partition coefficient (Wildman–Crippen LogP) is 5.91. The molecule has 11 heteroatoms. The summed E-state index contributed by atoms with van der Waals surface area (Å²) in [7, 11) is 0. The molecular formula is C20H16F6O4S. The van der Waals surface area contributed by atoms with Crippen LogP contribution < -0.4 is 9.47 Å². The summed E-state index contributed by atoms with van der Waals surface area (Å²) in [6, 6.07) is 7.30. The Balaban J connectivity index is 1.94. The average Bonchev–Trinajstić information content (AvgIpc) is 2.68. The Morgan fingerprint density at radius 2 is 1.58 bits per heavy atom. The number of ether oxygens (including phenoxy) is 2. The van der Waals surface area contributed by atoms with E-state index in [1.165, 1.54) is 6.07 Å². The third kappa shape index (κ3) is 7.74. The molecule has 0 unspecified atom stereocenters. The van der Waals surface area contributed by atoms with Gasteiger partial charge in [0.2, 0.25) is 0 Å². The van der Waals surface area contributed by atoms with Crippen LogP contribution in [0, 0.1) is 0 Å². The molecule has 2 aromatic carbocycles. The quantitative estimate of drug-likeness (QED) is 0.283. The standard InChI is InChI=1S/C20H16F6O4S/c1-12(9-29-14-4-2-13(3-5-14)19(21,22)23)11-31-15-6-7-17(30-10-18(27)28)16(8-15)20(24,25)26/h2-8H,1,9-11H2,(H,27,28). The molecule has 0 amide bonds. The summed E-state index contributed by atoms with van der Waals surface area (Å²) in [5, 5.41) is 8.57. The molecular weight excluding hydrogens is 450 g/mol. The third-order valence-electron chi connectivity index (χ3n) is 3.68. The number of carboxylic acid groups (broad SMARTS) is 1. The molecule has 1 N–H and O–H groups in total. The Hall–Kier alpha value is -2.82. The SMILES string of the molecule is C=C(COc1ccc(C(F)(F)F)cc1)CSc1ccc(OCC(=O)O)c(C(F)(F)F)c1.